The summed E-state index contributed by atoms with van der Waals surface area (Å²) in [6.07, 6.45) is 7.42. The van der Waals surface area contributed by atoms with Crippen LogP contribution in [0.2, 0.25) is 0 Å². The predicted molar refractivity (Wildman–Crippen MR) is 180 cm³/mol. The van der Waals surface area contributed by atoms with Gasteiger partial charge in [-0.05, 0) is 74.7 Å². The van der Waals surface area contributed by atoms with Gasteiger partial charge < -0.3 is 14.4 Å². The van der Waals surface area contributed by atoms with Crippen LogP contribution in [0.5, 0.6) is 11.8 Å². The average Bonchev–Trinajstić information content (AvgIpc) is 3.74. The number of carbonyl (C=O) groups is 2. The minimum atomic E-state index is -1.22. The van der Waals surface area contributed by atoms with Crippen molar-refractivity contribution in [3.63, 3.8) is 0 Å². The Morgan fingerprint density at radius 1 is 1.04 bits per heavy atom. The van der Waals surface area contributed by atoms with E-state index in [1.165, 1.54) is 30.5 Å². The standard InChI is InChI=1S/C38H35F4N5O4/c1-3-29(48)47-23-7-8-24(47)13-21(12-23)34-27-17-43-35(26-15-25(51-30(49)4-2)14-20-6-9-28(40)32(41)31(20)26)33(42)36(27)45-37(44-34)50-19-38-10-5-11-46(38)18-22(39)16-38/h3-4,6,9,14-15,17,21-24H,1-2,5,7-8,10-13,16,18-19H2/t21?,22-,23?,24?,38+/m1/s1. The molecule has 2 aromatic heterocycles. The van der Waals surface area contributed by atoms with Crippen molar-refractivity contribution in [3.05, 3.63) is 78.9 Å². The number of rotatable bonds is 8. The highest BCUT2D eigenvalue weighted by atomic mass is 19.2. The molecule has 2 bridgehead atoms. The minimum absolute atomic E-state index is 0.0538. The Hall–Kier alpha value is -4.91. The van der Waals surface area contributed by atoms with E-state index < -0.39 is 35.1 Å². The van der Waals surface area contributed by atoms with Crippen LogP contribution in [0.1, 0.15) is 56.6 Å². The first-order chi connectivity index (χ1) is 24.6. The molecule has 0 saturated carbocycles. The lowest BCUT2D eigenvalue weighted by molar-refractivity contribution is -0.130. The first-order valence-corrected chi connectivity index (χ1v) is 17.2. The number of halogens is 4. The third kappa shape index (κ3) is 5.62. The monoisotopic (exact) mass is 701 g/mol. The molecule has 4 aliphatic heterocycles. The van der Waals surface area contributed by atoms with Crippen molar-refractivity contribution in [1.29, 1.82) is 0 Å². The number of alkyl halides is 1. The SMILES string of the molecule is C=CC(=O)Oc1cc(-c2ncc3c(C4CC5CCC(C4)N5C(=O)C=C)nc(OC[C@@]45CCCN4C[C@H](F)C5)nc3c2F)c2c(F)c(F)ccc2c1. The van der Waals surface area contributed by atoms with Crippen LogP contribution < -0.4 is 9.47 Å². The summed E-state index contributed by atoms with van der Waals surface area (Å²) < 4.78 is 73.1. The fourth-order valence-corrected chi connectivity index (χ4v) is 8.91. The van der Waals surface area contributed by atoms with Crippen molar-refractivity contribution in [1.82, 2.24) is 24.8 Å². The molecule has 2 aromatic carbocycles. The van der Waals surface area contributed by atoms with Gasteiger partial charge in [0.2, 0.25) is 5.91 Å². The normalized spacial score (nSPS) is 25.7. The molecule has 4 aromatic rings. The highest BCUT2D eigenvalue weighted by Crippen LogP contribution is 2.46. The Balaban J connectivity index is 1.26. The molecule has 0 spiro atoms. The largest absolute Gasteiger partial charge is 0.461 e. The van der Waals surface area contributed by atoms with Gasteiger partial charge >= 0.3 is 12.0 Å². The van der Waals surface area contributed by atoms with Crippen LogP contribution in [0.15, 0.2) is 55.8 Å². The molecule has 8 rings (SSSR count). The molecule has 0 N–H and O–H groups in total. The number of carbonyl (C=O) groups excluding carboxylic acids is 2. The molecule has 4 saturated heterocycles. The zero-order valence-electron chi connectivity index (χ0n) is 27.7. The lowest BCUT2D eigenvalue weighted by atomic mass is 9.86. The van der Waals surface area contributed by atoms with Gasteiger partial charge in [-0.2, -0.15) is 9.97 Å². The van der Waals surface area contributed by atoms with Crippen LogP contribution in [0.4, 0.5) is 17.6 Å². The predicted octanol–water partition coefficient (Wildman–Crippen LogP) is 6.73. The summed E-state index contributed by atoms with van der Waals surface area (Å²) in [6, 6.07) is 4.57. The third-order valence-corrected chi connectivity index (χ3v) is 11.1. The van der Waals surface area contributed by atoms with E-state index in [0.717, 1.165) is 44.4 Å². The van der Waals surface area contributed by atoms with Crippen molar-refractivity contribution in [2.75, 3.05) is 19.7 Å². The maximum absolute atomic E-state index is 17.0. The third-order valence-electron chi connectivity index (χ3n) is 11.1. The summed E-state index contributed by atoms with van der Waals surface area (Å²) in [6.45, 7) is 8.25. The van der Waals surface area contributed by atoms with E-state index in [4.69, 9.17) is 14.5 Å². The molecule has 51 heavy (non-hydrogen) atoms. The van der Waals surface area contributed by atoms with Gasteiger partial charge in [0.25, 0.3) is 0 Å². The van der Waals surface area contributed by atoms with Gasteiger partial charge in [0.05, 0.1) is 11.2 Å². The summed E-state index contributed by atoms with van der Waals surface area (Å²) in [7, 11) is 0. The number of amides is 1. The number of nitrogens with zero attached hydrogens (tertiary/aromatic N) is 5. The van der Waals surface area contributed by atoms with Crippen molar-refractivity contribution in [2.45, 2.75) is 74.7 Å². The molecule has 13 heteroatoms. The van der Waals surface area contributed by atoms with Crippen molar-refractivity contribution in [2.24, 2.45) is 0 Å². The second-order valence-electron chi connectivity index (χ2n) is 14.0. The maximum Gasteiger partial charge on any atom is 0.335 e. The van der Waals surface area contributed by atoms with Crippen LogP contribution in [-0.2, 0) is 9.59 Å². The van der Waals surface area contributed by atoms with Crippen LogP contribution in [0.25, 0.3) is 32.9 Å². The van der Waals surface area contributed by atoms with E-state index in [-0.39, 0.29) is 69.8 Å². The number of fused-ring (bicyclic) bond motifs is 5. The highest BCUT2D eigenvalue weighted by Gasteiger charge is 2.49. The first-order valence-electron chi connectivity index (χ1n) is 17.2. The Morgan fingerprint density at radius 3 is 2.57 bits per heavy atom. The fraction of sp³-hybridized carbons (Fsp3) is 0.395. The number of esters is 1. The quantitative estimate of drug-likeness (QED) is 0.0864. The van der Waals surface area contributed by atoms with Crippen molar-refractivity contribution >= 4 is 33.6 Å². The highest BCUT2D eigenvalue weighted by molar-refractivity contribution is 6.00. The Kier molecular flexibility index (Phi) is 8.28. The first kappa shape index (κ1) is 33.2. The van der Waals surface area contributed by atoms with Crippen molar-refractivity contribution in [3.8, 4) is 23.0 Å². The summed E-state index contributed by atoms with van der Waals surface area (Å²) in [5, 5.41) is 0.196. The molecule has 9 nitrogen and oxygen atoms in total. The van der Waals surface area contributed by atoms with Gasteiger partial charge in [-0.15, -0.1) is 0 Å². The van der Waals surface area contributed by atoms with Gasteiger partial charge in [0.15, 0.2) is 17.5 Å². The molecule has 2 unspecified atom stereocenters. The van der Waals surface area contributed by atoms with Crippen LogP contribution in [0, 0.1) is 17.5 Å². The van der Waals surface area contributed by atoms with Crippen LogP contribution >= 0.6 is 0 Å². The second-order valence-corrected chi connectivity index (χ2v) is 14.0. The molecule has 0 radical (unpaired) electrons. The number of hydrogen-bond acceptors (Lipinski definition) is 8. The number of aromatic nitrogens is 3. The lowest BCUT2D eigenvalue weighted by Crippen LogP contribution is -2.45. The molecule has 4 fully saturated rings. The molecule has 1 amide bonds. The van der Waals surface area contributed by atoms with E-state index in [9.17, 15) is 18.4 Å². The van der Waals surface area contributed by atoms with Gasteiger partial charge in [-0.3, -0.25) is 14.7 Å². The van der Waals surface area contributed by atoms with Crippen LogP contribution in [-0.4, -0.2) is 80.1 Å². The molecular formula is C38H35F4N5O4. The average molecular weight is 702 g/mol. The Bertz CT molecular complexity index is 2120. The summed E-state index contributed by atoms with van der Waals surface area (Å²) in [5.41, 5.74) is -0.674. The Morgan fingerprint density at radius 2 is 1.82 bits per heavy atom. The number of ether oxygens (including phenoxy) is 2. The number of benzene rings is 2. The molecule has 4 aliphatic rings. The molecule has 0 aliphatic carbocycles. The van der Waals surface area contributed by atoms with E-state index in [1.807, 2.05) is 4.90 Å². The molecule has 4 atom stereocenters. The lowest BCUT2D eigenvalue weighted by Gasteiger charge is -2.38. The van der Waals surface area contributed by atoms with E-state index in [1.54, 1.807) is 0 Å². The number of hydrogen-bond donors (Lipinski definition) is 0. The fourth-order valence-electron chi connectivity index (χ4n) is 8.91. The maximum atomic E-state index is 17.0. The van der Waals surface area contributed by atoms with E-state index in [0.29, 0.717) is 36.9 Å². The minimum Gasteiger partial charge on any atom is -0.461 e. The van der Waals surface area contributed by atoms with E-state index >= 15 is 8.78 Å². The summed E-state index contributed by atoms with van der Waals surface area (Å²) in [4.78, 5) is 42.5. The Labute approximate surface area is 291 Å². The van der Waals surface area contributed by atoms with E-state index in [2.05, 4.69) is 28.0 Å². The zero-order valence-corrected chi connectivity index (χ0v) is 27.7. The van der Waals surface area contributed by atoms with Gasteiger partial charge in [-0.1, -0.05) is 19.2 Å². The smallest absolute Gasteiger partial charge is 0.335 e. The summed E-state index contributed by atoms with van der Waals surface area (Å²) in [5.74, 6) is -4.50. The number of piperidine rings is 1. The van der Waals surface area contributed by atoms with Gasteiger partial charge in [0, 0.05) is 59.6 Å². The molecule has 6 heterocycles. The number of pyridine rings is 1. The summed E-state index contributed by atoms with van der Waals surface area (Å²) >= 11 is 0. The van der Waals surface area contributed by atoms with Crippen LogP contribution in [0.3, 0.4) is 0 Å². The zero-order chi connectivity index (χ0) is 35.6. The molecular weight excluding hydrogens is 666 g/mol. The van der Waals surface area contributed by atoms with Gasteiger partial charge in [0.1, 0.15) is 29.7 Å². The second kappa shape index (κ2) is 12.7. The van der Waals surface area contributed by atoms with Crippen molar-refractivity contribution < 1.29 is 36.6 Å². The molecule has 264 valence electrons. The van der Waals surface area contributed by atoms with Gasteiger partial charge in [-0.25, -0.2) is 22.4 Å². The topological polar surface area (TPSA) is 97.8 Å².